The zero-order chi connectivity index (χ0) is 31.1. The van der Waals surface area contributed by atoms with E-state index in [2.05, 4.69) is 12.1 Å². The summed E-state index contributed by atoms with van der Waals surface area (Å²) >= 11 is 11.8. The van der Waals surface area contributed by atoms with Crippen molar-refractivity contribution >= 4 is 36.0 Å². The first-order chi connectivity index (χ1) is 20.0. The number of allylic oxidation sites excluding steroid dienone is 1. The fourth-order valence-corrected chi connectivity index (χ4v) is 5.54. The van der Waals surface area contributed by atoms with E-state index in [1.165, 1.54) is 12.7 Å². The van der Waals surface area contributed by atoms with Gasteiger partial charge in [0.25, 0.3) is 5.91 Å². The highest BCUT2D eigenvalue weighted by atomic mass is 35.5. The highest BCUT2D eigenvalue weighted by Crippen LogP contribution is 2.51. The topological polar surface area (TPSA) is 78.9 Å². The number of benzene rings is 2. The van der Waals surface area contributed by atoms with Gasteiger partial charge >= 0.3 is 6.72 Å². The number of nitrogens with zero attached hydrogens (tertiary/aromatic N) is 2. The predicted molar refractivity (Wildman–Crippen MR) is 171 cm³/mol. The number of carbonyl (C=O) groups is 1. The number of aryl methyl sites for hydroxylation is 2. The molecule has 0 aliphatic carbocycles. The van der Waals surface area contributed by atoms with E-state index in [0.29, 0.717) is 19.6 Å². The lowest BCUT2D eigenvalue weighted by Gasteiger charge is -2.25. The molecule has 2 atom stereocenters. The molecule has 1 amide bonds. The van der Waals surface area contributed by atoms with E-state index < -0.39 is 6.72 Å². The number of amides is 1. The van der Waals surface area contributed by atoms with E-state index in [4.69, 9.17) is 51.2 Å². The molecule has 0 fully saturated rings. The summed E-state index contributed by atoms with van der Waals surface area (Å²) in [5.74, 6) is 1.43. The molecule has 0 aromatic heterocycles. The van der Waals surface area contributed by atoms with E-state index >= 15 is 0 Å². The molecular formula is C30H44ClN2O7PS. The van der Waals surface area contributed by atoms with Crippen LogP contribution in [0.25, 0.3) is 0 Å². The van der Waals surface area contributed by atoms with Gasteiger partial charge in [-0.1, -0.05) is 41.9 Å². The van der Waals surface area contributed by atoms with Crippen LogP contribution in [0.15, 0.2) is 59.3 Å². The second kappa shape index (κ2) is 18.5. The van der Waals surface area contributed by atoms with Crippen molar-refractivity contribution in [1.82, 2.24) is 9.80 Å². The van der Waals surface area contributed by atoms with Crippen LogP contribution in [0.1, 0.15) is 31.9 Å². The van der Waals surface area contributed by atoms with Crippen LogP contribution in [-0.2, 0) is 47.8 Å². The molecule has 0 bridgehead atoms. The number of para-hydroxylation sites is 1. The Morgan fingerprint density at radius 1 is 1.05 bits per heavy atom. The van der Waals surface area contributed by atoms with E-state index in [0.717, 1.165) is 29.9 Å². The third-order valence-electron chi connectivity index (χ3n) is 6.32. The molecule has 0 spiro atoms. The molecule has 12 heteroatoms. The summed E-state index contributed by atoms with van der Waals surface area (Å²) in [4.78, 5) is 16.2. The number of hydrogen-bond donors (Lipinski definition) is 0. The highest BCUT2D eigenvalue weighted by molar-refractivity contribution is 8.07. The Bertz CT molecular complexity index is 1210. The molecule has 2 aromatic carbocycles. The minimum Gasteiger partial charge on any atom is -0.497 e. The van der Waals surface area contributed by atoms with Gasteiger partial charge in [0.15, 0.2) is 6.79 Å². The van der Waals surface area contributed by atoms with Crippen molar-refractivity contribution in [3.8, 4) is 11.5 Å². The van der Waals surface area contributed by atoms with Crippen molar-refractivity contribution in [3.05, 3.63) is 70.4 Å². The van der Waals surface area contributed by atoms with Crippen molar-refractivity contribution in [2.24, 2.45) is 0 Å². The van der Waals surface area contributed by atoms with Gasteiger partial charge in [-0.3, -0.25) is 9.32 Å². The van der Waals surface area contributed by atoms with Crippen molar-refractivity contribution in [2.75, 3.05) is 61.3 Å². The monoisotopic (exact) mass is 642 g/mol. The first-order valence-corrected chi connectivity index (χ1v) is 16.7. The van der Waals surface area contributed by atoms with Gasteiger partial charge in [0.2, 0.25) is 0 Å². The average molecular weight is 643 g/mol. The van der Waals surface area contributed by atoms with Crippen LogP contribution in [0, 0.1) is 0 Å². The number of likely N-dealkylation sites (N-methyl/N-ethyl adjacent to an activating group) is 2. The lowest BCUT2D eigenvalue weighted by Crippen LogP contribution is -2.34. The molecule has 234 valence electrons. The lowest BCUT2D eigenvalue weighted by atomic mass is 10.0. The molecule has 42 heavy (non-hydrogen) atoms. The van der Waals surface area contributed by atoms with Gasteiger partial charge < -0.3 is 33.1 Å². The average Bonchev–Trinajstić information content (AvgIpc) is 2.99. The summed E-state index contributed by atoms with van der Waals surface area (Å²) in [6, 6.07) is 16.1. The van der Waals surface area contributed by atoms with E-state index in [1.807, 2.05) is 69.2 Å². The number of halogens is 1. The molecule has 2 aromatic rings. The Labute approximate surface area is 260 Å². The van der Waals surface area contributed by atoms with Gasteiger partial charge in [-0.25, -0.2) is 0 Å². The molecular weight excluding hydrogens is 599 g/mol. The maximum Gasteiger partial charge on any atom is 0.382 e. The van der Waals surface area contributed by atoms with Crippen molar-refractivity contribution in [1.29, 1.82) is 0 Å². The zero-order valence-corrected chi connectivity index (χ0v) is 28.1. The number of carbonyl (C=O) groups excluding carboxylic acids is 1. The maximum atomic E-state index is 12.6. The van der Waals surface area contributed by atoms with Gasteiger partial charge in [-0.05, 0) is 77.0 Å². The van der Waals surface area contributed by atoms with E-state index in [1.54, 1.807) is 18.9 Å². The van der Waals surface area contributed by atoms with Crippen LogP contribution in [-0.4, -0.2) is 83.2 Å². The molecule has 0 N–H and O–H groups in total. The second-order valence-corrected chi connectivity index (χ2v) is 13.1. The smallest absolute Gasteiger partial charge is 0.382 e. The standard InChI is InChI=1S/C30H44ClN2O7PS/c1-8-33(9-2)30(34)29(31)23(3)40-41(42,36-7)39-22-38-27(20-32(4)5)21-37-28-16-11-10-14-25(28)18-17-24-13-12-15-26(19-24)35-6/h10-16,19,27H,8-9,17-18,20-22H2,1-7H3/b29-23+. The van der Waals surface area contributed by atoms with Gasteiger partial charge in [-0.2, -0.15) is 0 Å². The summed E-state index contributed by atoms with van der Waals surface area (Å²) in [5.41, 5.74) is 2.29. The number of ether oxygens (including phenoxy) is 3. The molecule has 0 radical (unpaired) electrons. The molecule has 0 aliphatic rings. The summed E-state index contributed by atoms with van der Waals surface area (Å²) < 4.78 is 34.4. The summed E-state index contributed by atoms with van der Waals surface area (Å²) in [6.07, 6.45) is 1.32. The largest absolute Gasteiger partial charge is 0.497 e. The van der Waals surface area contributed by atoms with Gasteiger partial charge in [0.05, 0.1) is 7.11 Å². The first-order valence-electron chi connectivity index (χ1n) is 13.8. The van der Waals surface area contributed by atoms with Crippen LogP contribution < -0.4 is 9.47 Å². The zero-order valence-electron chi connectivity index (χ0n) is 25.6. The Kier molecular flexibility index (Phi) is 15.9. The quantitative estimate of drug-likeness (QED) is 0.0793. The Hall–Kier alpha value is -2.17. The summed E-state index contributed by atoms with van der Waals surface area (Å²) in [7, 11) is 6.95. The number of methoxy groups -OCH3 is 1. The van der Waals surface area contributed by atoms with Gasteiger partial charge in [-0.15, -0.1) is 0 Å². The van der Waals surface area contributed by atoms with E-state index in [-0.39, 0.29) is 36.2 Å². The maximum absolute atomic E-state index is 12.6. The van der Waals surface area contributed by atoms with Crippen molar-refractivity contribution in [2.45, 2.75) is 39.7 Å². The Morgan fingerprint density at radius 3 is 2.40 bits per heavy atom. The van der Waals surface area contributed by atoms with Crippen LogP contribution in [0.5, 0.6) is 11.5 Å². The second-order valence-electron chi connectivity index (χ2n) is 9.64. The predicted octanol–water partition coefficient (Wildman–Crippen LogP) is 6.01. The van der Waals surface area contributed by atoms with Crippen molar-refractivity contribution < 1.29 is 32.6 Å². The lowest BCUT2D eigenvalue weighted by molar-refractivity contribution is -0.126. The van der Waals surface area contributed by atoms with Crippen molar-refractivity contribution in [3.63, 3.8) is 0 Å². The molecule has 0 aliphatic heterocycles. The third-order valence-corrected chi connectivity index (χ3v) is 9.10. The molecule has 0 heterocycles. The van der Waals surface area contributed by atoms with Crippen LogP contribution in [0.4, 0.5) is 0 Å². The van der Waals surface area contributed by atoms with Crippen LogP contribution in [0.3, 0.4) is 0 Å². The summed E-state index contributed by atoms with van der Waals surface area (Å²) in [6.45, 7) is 3.72. The van der Waals surface area contributed by atoms with Gasteiger partial charge in [0, 0.05) is 38.6 Å². The van der Waals surface area contributed by atoms with Crippen LogP contribution in [0.2, 0.25) is 0 Å². The summed E-state index contributed by atoms with van der Waals surface area (Å²) in [5, 5.41) is -0.0709. The Balaban J connectivity index is 2.01. The molecule has 0 saturated heterocycles. The number of rotatable bonds is 19. The molecule has 2 rings (SSSR count). The highest BCUT2D eigenvalue weighted by Gasteiger charge is 2.26. The third kappa shape index (κ3) is 11.8. The fourth-order valence-electron chi connectivity index (χ4n) is 4.02. The molecule has 2 unspecified atom stereocenters. The minimum atomic E-state index is -3.28. The Morgan fingerprint density at radius 2 is 1.76 bits per heavy atom. The van der Waals surface area contributed by atoms with E-state index in [9.17, 15) is 4.79 Å². The van der Waals surface area contributed by atoms with Crippen LogP contribution >= 0.6 is 18.3 Å². The van der Waals surface area contributed by atoms with Gasteiger partial charge in [0.1, 0.15) is 35.0 Å². The fraction of sp³-hybridized carbons (Fsp3) is 0.500. The SMILES string of the molecule is CCN(CC)C(=O)/C(Cl)=C(/C)OP(=S)(OC)OCOC(COc1ccccc1CCc1cccc(OC)c1)CN(C)C. The first kappa shape index (κ1) is 36.0. The normalized spacial score (nSPS) is 14.1. The number of hydrogen-bond acceptors (Lipinski definition) is 9. The molecule has 0 saturated carbocycles. The molecule has 9 nitrogen and oxygen atoms in total. The minimum absolute atomic E-state index is 0.0709.